The molecule has 0 aromatic carbocycles. The number of halogens is 1. The number of nitrogens with two attached hydrogens (primary N) is 1. The minimum Gasteiger partial charge on any atom is -0.382 e. The number of rotatable bonds is 2. The second-order valence-electron chi connectivity index (χ2n) is 2.87. The monoisotopic (exact) mass is 238 g/mol. The zero-order chi connectivity index (χ0) is 11.5. The molecule has 2 heterocycles. The molecule has 1 amide bonds. The number of hydrogen-bond acceptors (Lipinski definition) is 5. The summed E-state index contributed by atoms with van der Waals surface area (Å²) in [7, 11) is 0. The number of nitrogens with zero attached hydrogens (tertiary/aromatic N) is 3. The first-order chi connectivity index (χ1) is 7.65. The van der Waals surface area contributed by atoms with Crippen LogP contribution in [0.15, 0.2) is 18.3 Å². The number of carbonyl (C=O) groups excluding carboxylic acids is 1. The van der Waals surface area contributed by atoms with E-state index in [1.807, 2.05) is 0 Å². The molecule has 0 aliphatic carbocycles. The van der Waals surface area contributed by atoms with Crippen molar-refractivity contribution in [2.75, 3.05) is 11.1 Å². The highest BCUT2D eigenvalue weighted by atomic mass is 35.5. The van der Waals surface area contributed by atoms with Crippen molar-refractivity contribution in [2.45, 2.75) is 0 Å². The standard InChI is InChI=1S/C8H7ClN6O/c9-8-11-2-1-6(13-8)12-7(16)4-3-5(10)15-14-4/h1-3H,(H3,10,14,15)(H,11,12,13,16). The molecule has 0 aliphatic rings. The summed E-state index contributed by atoms with van der Waals surface area (Å²) < 4.78 is 0. The van der Waals surface area contributed by atoms with Crippen LogP contribution in [-0.2, 0) is 0 Å². The van der Waals surface area contributed by atoms with Crippen LogP contribution >= 0.6 is 11.6 Å². The van der Waals surface area contributed by atoms with Gasteiger partial charge in [0.2, 0.25) is 5.28 Å². The maximum Gasteiger partial charge on any atom is 0.274 e. The van der Waals surface area contributed by atoms with Crippen LogP contribution in [0.3, 0.4) is 0 Å². The van der Waals surface area contributed by atoms with Gasteiger partial charge in [-0.15, -0.1) is 0 Å². The molecule has 82 valence electrons. The van der Waals surface area contributed by atoms with Gasteiger partial charge < -0.3 is 11.1 Å². The molecule has 0 radical (unpaired) electrons. The van der Waals surface area contributed by atoms with Crippen molar-refractivity contribution in [1.82, 2.24) is 20.2 Å². The summed E-state index contributed by atoms with van der Waals surface area (Å²) in [5, 5.41) is 8.68. The van der Waals surface area contributed by atoms with E-state index in [0.717, 1.165) is 0 Å². The number of anilines is 2. The van der Waals surface area contributed by atoms with Gasteiger partial charge in [0.1, 0.15) is 17.3 Å². The van der Waals surface area contributed by atoms with Crippen molar-refractivity contribution in [1.29, 1.82) is 0 Å². The van der Waals surface area contributed by atoms with Crippen molar-refractivity contribution in [3.05, 3.63) is 29.3 Å². The number of carbonyl (C=O) groups is 1. The summed E-state index contributed by atoms with van der Waals surface area (Å²) in [6, 6.07) is 2.93. The van der Waals surface area contributed by atoms with Crippen molar-refractivity contribution in [3.8, 4) is 0 Å². The lowest BCUT2D eigenvalue weighted by molar-refractivity contribution is 0.102. The van der Waals surface area contributed by atoms with Gasteiger partial charge in [0, 0.05) is 12.3 Å². The van der Waals surface area contributed by atoms with Crippen molar-refractivity contribution in [2.24, 2.45) is 0 Å². The fourth-order valence-electron chi connectivity index (χ4n) is 1.04. The first-order valence-corrected chi connectivity index (χ1v) is 4.64. The topological polar surface area (TPSA) is 110 Å². The minimum atomic E-state index is -0.404. The number of nitrogens with one attached hydrogen (secondary N) is 2. The Morgan fingerprint density at radius 3 is 3.00 bits per heavy atom. The van der Waals surface area contributed by atoms with E-state index >= 15 is 0 Å². The van der Waals surface area contributed by atoms with E-state index < -0.39 is 5.91 Å². The Morgan fingerprint density at radius 2 is 2.38 bits per heavy atom. The Balaban J connectivity index is 2.13. The van der Waals surface area contributed by atoms with Crippen LogP contribution < -0.4 is 11.1 Å². The van der Waals surface area contributed by atoms with Gasteiger partial charge >= 0.3 is 0 Å². The van der Waals surface area contributed by atoms with E-state index in [1.165, 1.54) is 18.3 Å². The molecule has 2 aromatic rings. The second-order valence-corrected chi connectivity index (χ2v) is 3.21. The molecule has 0 atom stereocenters. The van der Waals surface area contributed by atoms with Gasteiger partial charge in [-0.3, -0.25) is 9.89 Å². The van der Waals surface area contributed by atoms with Crippen LogP contribution in [0, 0.1) is 0 Å². The van der Waals surface area contributed by atoms with Crippen molar-refractivity contribution >= 4 is 29.1 Å². The number of aromatic amines is 1. The second kappa shape index (κ2) is 4.15. The van der Waals surface area contributed by atoms with Gasteiger partial charge in [0.05, 0.1) is 0 Å². The van der Waals surface area contributed by atoms with E-state index in [2.05, 4.69) is 25.5 Å². The first-order valence-electron chi connectivity index (χ1n) is 4.26. The zero-order valence-electron chi connectivity index (χ0n) is 7.94. The molecule has 0 saturated heterocycles. The SMILES string of the molecule is Nc1cc(C(=O)Nc2ccnc(Cl)n2)[nH]n1. The summed E-state index contributed by atoms with van der Waals surface area (Å²) in [4.78, 5) is 19.1. The Hall–Kier alpha value is -2.15. The number of hydrogen-bond donors (Lipinski definition) is 3. The molecule has 8 heteroatoms. The molecule has 0 saturated carbocycles. The van der Waals surface area contributed by atoms with E-state index in [0.29, 0.717) is 5.82 Å². The predicted octanol–water partition coefficient (Wildman–Crippen LogP) is 0.688. The van der Waals surface area contributed by atoms with Gasteiger partial charge in [0.15, 0.2) is 0 Å². The van der Waals surface area contributed by atoms with Gasteiger partial charge in [-0.2, -0.15) is 5.10 Å². The quantitative estimate of drug-likeness (QED) is 0.667. The lowest BCUT2D eigenvalue weighted by Crippen LogP contribution is -2.13. The largest absolute Gasteiger partial charge is 0.382 e. The van der Waals surface area contributed by atoms with E-state index in [-0.39, 0.29) is 16.8 Å². The van der Waals surface area contributed by atoms with Gasteiger partial charge in [-0.25, -0.2) is 9.97 Å². The molecule has 2 rings (SSSR count). The molecule has 4 N–H and O–H groups in total. The van der Waals surface area contributed by atoms with Crippen LogP contribution in [0.25, 0.3) is 0 Å². The normalized spacial score (nSPS) is 10.1. The highest BCUT2D eigenvalue weighted by Crippen LogP contribution is 2.08. The summed E-state index contributed by atoms with van der Waals surface area (Å²) in [5.41, 5.74) is 5.61. The number of nitrogen functional groups attached to an aromatic ring is 1. The Morgan fingerprint density at radius 1 is 1.56 bits per heavy atom. The van der Waals surface area contributed by atoms with Crippen LogP contribution in [0.2, 0.25) is 5.28 Å². The minimum absolute atomic E-state index is 0.0573. The molecule has 0 spiro atoms. The molecule has 0 bridgehead atoms. The molecule has 0 aliphatic heterocycles. The van der Waals surface area contributed by atoms with Gasteiger partial charge in [-0.1, -0.05) is 0 Å². The van der Waals surface area contributed by atoms with E-state index in [4.69, 9.17) is 17.3 Å². The highest BCUT2D eigenvalue weighted by molar-refractivity contribution is 6.28. The summed E-state index contributed by atoms with van der Waals surface area (Å²) in [6.07, 6.45) is 1.44. The maximum atomic E-state index is 11.6. The van der Waals surface area contributed by atoms with Crippen molar-refractivity contribution in [3.63, 3.8) is 0 Å². The van der Waals surface area contributed by atoms with Crippen LogP contribution in [0.1, 0.15) is 10.5 Å². The molecule has 16 heavy (non-hydrogen) atoms. The fourth-order valence-corrected chi connectivity index (χ4v) is 1.19. The Bertz CT molecular complexity index is 525. The first kappa shape index (κ1) is 10.4. The molecular weight excluding hydrogens is 232 g/mol. The third-order valence-corrected chi connectivity index (χ3v) is 1.89. The average molecular weight is 239 g/mol. The lowest BCUT2D eigenvalue weighted by Gasteiger charge is -2.01. The number of H-pyrrole nitrogens is 1. The lowest BCUT2D eigenvalue weighted by atomic mass is 10.4. The van der Waals surface area contributed by atoms with Crippen LogP contribution in [-0.4, -0.2) is 26.1 Å². The Labute approximate surface area is 95.0 Å². The number of amides is 1. The van der Waals surface area contributed by atoms with E-state index in [1.54, 1.807) is 0 Å². The zero-order valence-corrected chi connectivity index (χ0v) is 8.69. The molecule has 7 nitrogen and oxygen atoms in total. The Kier molecular flexibility index (Phi) is 2.69. The van der Waals surface area contributed by atoms with Crippen LogP contribution in [0.4, 0.5) is 11.6 Å². The third-order valence-electron chi connectivity index (χ3n) is 1.71. The highest BCUT2D eigenvalue weighted by Gasteiger charge is 2.09. The summed E-state index contributed by atoms with van der Waals surface area (Å²) in [6.45, 7) is 0. The van der Waals surface area contributed by atoms with E-state index in [9.17, 15) is 4.79 Å². The number of aromatic nitrogens is 4. The van der Waals surface area contributed by atoms with Gasteiger partial charge in [0.25, 0.3) is 5.91 Å². The molecule has 0 fully saturated rings. The van der Waals surface area contributed by atoms with Crippen LogP contribution in [0.5, 0.6) is 0 Å². The average Bonchev–Trinajstić information content (AvgIpc) is 2.65. The fraction of sp³-hybridized carbons (Fsp3) is 0. The third kappa shape index (κ3) is 2.26. The predicted molar refractivity (Wildman–Crippen MR) is 58.0 cm³/mol. The molecular formula is C8H7ClN6O. The summed E-state index contributed by atoms with van der Waals surface area (Å²) in [5.74, 6) is 0.142. The summed E-state index contributed by atoms with van der Waals surface area (Å²) >= 11 is 5.56. The molecule has 2 aromatic heterocycles. The molecule has 0 unspecified atom stereocenters. The van der Waals surface area contributed by atoms with Crippen molar-refractivity contribution < 1.29 is 4.79 Å². The smallest absolute Gasteiger partial charge is 0.274 e. The van der Waals surface area contributed by atoms with Gasteiger partial charge in [-0.05, 0) is 17.7 Å². The maximum absolute atomic E-state index is 11.6.